The van der Waals surface area contributed by atoms with Crippen molar-refractivity contribution in [2.45, 2.75) is 76.5 Å². The highest BCUT2D eigenvalue weighted by Crippen LogP contribution is 2.23. The minimum atomic E-state index is 0.0591. The predicted molar refractivity (Wildman–Crippen MR) is 69.7 cm³/mol. The van der Waals surface area contributed by atoms with Crippen molar-refractivity contribution in [3.8, 4) is 6.07 Å². The van der Waals surface area contributed by atoms with Crippen LogP contribution in [0.4, 0.5) is 0 Å². The van der Waals surface area contributed by atoms with Gasteiger partial charge in [-0.1, -0.05) is 6.42 Å². The Morgan fingerprint density at radius 3 is 2.41 bits per heavy atom. The maximum Gasteiger partial charge on any atom is 0.0967 e. The van der Waals surface area contributed by atoms with Crippen LogP contribution in [-0.4, -0.2) is 35.6 Å². The average Bonchev–Trinajstić information content (AvgIpc) is 3.10. The van der Waals surface area contributed by atoms with Crippen LogP contribution < -0.4 is 5.32 Å². The van der Waals surface area contributed by atoms with E-state index in [4.69, 9.17) is 5.26 Å². The second-order valence-corrected chi connectivity index (χ2v) is 5.78. The Bertz CT molecular complexity index is 270. The lowest BCUT2D eigenvalue weighted by Crippen LogP contribution is -2.45. The molecule has 1 heterocycles. The van der Waals surface area contributed by atoms with E-state index < -0.39 is 0 Å². The molecule has 3 nitrogen and oxygen atoms in total. The molecule has 1 saturated heterocycles. The van der Waals surface area contributed by atoms with Crippen molar-refractivity contribution in [3.05, 3.63) is 0 Å². The zero-order valence-corrected chi connectivity index (χ0v) is 11.2. The van der Waals surface area contributed by atoms with Crippen molar-refractivity contribution in [1.82, 2.24) is 10.2 Å². The summed E-state index contributed by atoms with van der Waals surface area (Å²) in [4.78, 5) is 2.59. The number of likely N-dealkylation sites (tertiary alicyclic amines) is 1. The molecule has 1 saturated carbocycles. The molecule has 0 aromatic heterocycles. The molecule has 0 amide bonds. The molecule has 3 atom stereocenters. The van der Waals surface area contributed by atoms with Crippen molar-refractivity contribution in [2.75, 3.05) is 6.54 Å². The minimum Gasteiger partial charge on any atom is -0.299 e. The van der Waals surface area contributed by atoms with Crippen molar-refractivity contribution in [3.63, 3.8) is 0 Å². The molecule has 0 bridgehead atoms. The van der Waals surface area contributed by atoms with Gasteiger partial charge in [-0.25, -0.2) is 0 Å². The topological polar surface area (TPSA) is 39.1 Å². The number of hydrogen-bond donors (Lipinski definition) is 1. The zero-order valence-electron chi connectivity index (χ0n) is 11.2. The summed E-state index contributed by atoms with van der Waals surface area (Å²) in [7, 11) is 0. The Labute approximate surface area is 105 Å². The average molecular weight is 235 g/mol. The van der Waals surface area contributed by atoms with Gasteiger partial charge in [0.2, 0.25) is 0 Å². The third-order valence-electron chi connectivity index (χ3n) is 4.22. The summed E-state index contributed by atoms with van der Waals surface area (Å²) in [6.45, 7) is 5.72. The number of hydrogen-bond acceptors (Lipinski definition) is 3. The van der Waals surface area contributed by atoms with E-state index in [-0.39, 0.29) is 6.04 Å². The van der Waals surface area contributed by atoms with E-state index in [1.54, 1.807) is 0 Å². The maximum absolute atomic E-state index is 9.13. The highest BCUT2D eigenvalue weighted by molar-refractivity contribution is 4.96. The third-order valence-corrected chi connectivity index (χ3v) is 4.22. The first-order chi connectivity index (χ1) is 8.20. The normalized spacial score (nSPS) is 32.1. The molecule has 1 aliphatic heterocycles. The molecular formula is C14H25N3. The predicted octanol–water partition coefficient (Wildman–Crippen LogP) is 2.28. The highest BCUT2D eigenvalue weighted by atomic mass is 15.2. The van der Waals surface area contributed by atoms with Crippen LogP contribution in [0.1, 0.15) is 52.4 Å². The van der Waals surface area contributed by atoms with Crippen LogP contribution in [0.3, 0.4) is 0 Å². The molecule has 3 unspecified atom stereocenters. The number of nitrogens with zero attached hydrogens (tertiary/aromatic N) is 2. The fourth-order valence-electron chi connectivity index (χ4n) is 2.91. The summed E-state index contributed by atoms with van der Waals surface area (Å²) in [5, 5.41) is 12.6. The Kier molecular flexibility index (Phi) is 4.42. The third kappa shape index (κ3) is 3.69. The molecule has 2 aliphatic rings. The van der Waals surface area contributed by atoms with Crippen LogP contribution in [0, 0.1) is 11.3 Å². The Morgan fingerprint density at radius 2 is 1.88 bits per heavy atom. The quantitative estimate of drug-likeness (QED) is 0.794. The van der Waals surface area contributed by atoms with Gasteiger partial charge in [-0.15, -0.1) is 0 Å². The molecule has 1 N–H and O–H groups in total. The smallest absolute Gasteiger partial charge is 0.0967 e. The van der Waals surface area contributed by atoms with Gasteiger partial charge >= 0.3 is 0 Å². The summed E-state index contributed by atoms with van der Waals surface area (Å²) in [5.74, 6) is 0. The van der Waals surface area contributed by atoms with Gasteiger partial charge in [-0.2, -0.15) is 5.26 Å². The zero-order chi connectivity index (χ0) is 12.3. The van der Waals surface area contributed by atoms with Gasteiger partial charge in [-0.3, -0.25) is 10.2 Å². The lowest BCUT2D eigenvalue weighted by atomic mass is 9.97. The highest BCUT2D eigenvalue weighted by Gasteiger charge is 2.27. The SMILES string of the molecule is CC1CCCC(C)N1CCC(C#N)NC1CC1. The Morgan fingerprint density at radius 1 is 1.24 bits per heavy atom. The van der Waals surface area contributed by atoms with E-state index >= 15 is 0 Å². The van der Waals surface area contributed by atoms with E-state index in [1.165, 1.54) is 32.1 Å². The summed E-state index contributed by atoms with van der Waals surface area (Å²) >= 11 is 0. The molecular weight excluding hydrogens is 210 g/mol. The molecule has 0 spiro atoms. The lowest BCUT2D eigenvalue weighted by Gasteiger charge is -2.39. The van der Waals surface area contributed by atoms with Gasteiger partial charge < -0.3 is 0 Å². The standard InChI is InChI=1S/C14H25N3/c1-11-4-3-5-12(2)17(11)9-8-14(10-15)16-13-6-7-13/h11-14,16H,3-9H2,1-2H3. The first-order valence-corrected chi connectivity index (χ1v) is 7.12. The van der Waals surface area contributed by atoms with Crippen LogP contribution in [0.25, 0.3) is 0 Å². The number of nitriles is 1. The molecule has 96 valence electrons. The van der Waals surface area contributed by atoms with Crippen molar-refractivity contribution in [2.24, 2.45) is 0 Å². The fourth-order valence-corrected chi connectivity index (χ4v) is 2.91. The summed E-state index contributed by atoms with van der Waals surface area (Å²) in [6.07, 6.45) is 7.49. The molecule has 0 radical (unpaired) electrons. The Hall–Kier alpha value is -0.590. The number of rotatable bonds is 5. The minimum absolute atomic E-state index is 0.0591. The summed E-state index contributed by atoms with van der Waals surface area (Å²) < 4.78 is 0. The van der Waals surface area contributed by atoms with Gasteiger partial charge in [0.15, 0.2) is 0 Å². The van der Waals surface area contributed by atoms with Crippen LogP contribution in [0.2, 0.25) is 0 Å². The molecule has 1 aliphatic carbocycles. The second-order valence-electron chi connectivity index (χ2n) is 5.78. The maximum atomic E-state index is 9.13. The monoisotopic (exact) mass is 235 g/mol. The van der Waals surface area contributed by atoms with Crippen LogP contribution in [0.5, 0.6) is 0 Å². The van der Waals surface area contributed by atoms with Gasteiger partial charge in [-0.05, 0) is 46.0 Å². The van der Waals surface area contributed by atoms with Gasteiger partial charge in [0.25, 0.3) is 0 Å². The molecule has 0 aromatic rings. The fraction of sp³-hybridized carbons (Fsp3) is 0.929. The largest absolute Gasteiger partial charge is 0.299 e. The van der Waals surface area contributed by atoms with Crippen molar-refractivity contribution >= 4 is 0 Å². The second kappa shape index (κ2) is 5.84. The first-order valence-electron chi connectivity index (χ1n) is 7.12. The molecule has 17 heavy (non-hydrogen) atoms. The number of nitrogens with one attached hydrogen (secondary N) is 1. The number of piperidine rings is 1. The molecule has 0 aromatic carbocycles. The first kappa shape index (κ1) is 12.9. The molecule has 2 rings (SSSR count). The molecule has 3 heteroatoms. The van der Waals surface area contributed by atoms with E-state index in [0.717, 1.165) is 13.0 Å². The van der Waals surface area contributed by atoms with Crippen LogP contribution in [-0.2, 0) is 0 Å². The van der Waals surface area contributed by atoms with Gasteiger partial charge in [0, 0.05) is 24.7 Å². The summed E-state index contributed by atoms with van der Waals surface area (Å²) in [6, 6.07) is 4.49. The van der Waals surface area contributed by atoms with E-state index in [2.05, 4.69) is 30.1 Å². The van der Waals surface area contributed by atoms with Crippen molar-refractivity contribution in [1.29, 1.82) is 5.26 Å². The molecule has 2 fully saturated rings. The van der Waals surface area contributed by atoms with E-state index in [1.807, 2.05) is 0 Å². The van der Waals surface area contributed by atoms with Crippen LogP contribution >= 0.6 is 0 Å². The Balaban J connectivity index is 1.76. The van der Waals surface area contributed by atoms with E-state index in [9.17, 15) is 0 Å². The summed E-state index contributed by atoms with van der Waals surface area (Å²) in [5.41, 5.74) is 0. The van der Waals surface area contributed by atoms with Crippen LogP contribution in [0.15, 0.2) is 0 Å². The van der Waals surface area contributed by atoms with Gasteiger partial charge in [0.05, 0.1) is 12.1 Å². The van der Waals surface area contributed by atoms with E-state index in [0.29, 0.717) is 18.1 Å². The lowest BCUT2D eigenvalue weighted by molar-refractivity contribution is 0.100. The van der Waals surface area contributed by atoms with Crippen molar-refractivity contribution < 1.29 is 0 Å². The van der Waals surface area contributed by atoms with Gasteiger partial charge in [0.1, 0.15) is 0 Å².